The SMILES string of the molecule is Cc1ccc(S(=O)(=O)Nc2ccc(N(N)C(=O)C(=O)NCCCN3CCOCC3)cc2)c(C)c1NC(=O)CCl.Cl. The van der Waals surface area contributed by atoms with Gasteiger partial charge in [0.2, 0.25) is 5.91 Å². The molecular formula is C25H34Cl2N6O6S. The Morgan fingerprint density at radius 3 is 2.35 bits per heavy atom. The summed E-state index contributed by atoms with van der Waals surface area (Å²) in [6.45, 7) is 7.50. The summed E-state index contributed by atoms with van der Waals surface area (Å²) in [5, 5.41) is 5.89. The summed E-state index contributed by atoms with van der Waals surface area (Å²) >= 11 is 5.57. The first-order chi connectivity index (χ1) is 18.5. The Bertz CT molecular complexity index is 1300. The van der Waals surface area contributed by atoms with E-state index in [9.17, 15) is 22.8 Å². The van der Waals surface area contributed by atoms with E-state index in [2.05, 4.69) is 20.3 Å². The van der Waals surface area contributed by atoms with Crippen LogP contribution in [-0.2, 0) is 29.1 Å². The number of carbonyl (C=O) groups excluding carboxylic acids is 3. The lowest BCUT2D eigenvalue weighted by molar-refractivity contribution is -0.137. The average molecular weight is 618 g/mol. The van der Waals surface area contributed by atoms with Crippen molar-refractivity contribution in [3.63, 3.8) is 0 Å². The molecule has 1 saturated heterocycles. The summed E-state index contributed by atoms with van der Waals surface area (Å²) in [6.07, 6.45) is 0.680. The quantitative estimate of drug-likeness (QED) is 0.0783. The van der Waals surface area contributed by atoms with Crippen LogP contribution >= 0.6 is 24.0 Å². The molecule has 0 aromatic heterocycles. The summed E-state index contributed by atoms with van der Waals surface area (Å²) in [5.74, 6) is 3.34. The summed E-state index contributed by atoms with van der Waals surface area (Å²) in [6, 6.07) is 8.68. The normalized spacial score (nSPS) is 13.6. The fraction of sp³-hybridized carbons (Fsp3) is 0.400. The van der Waals surface area contributed by atoms with Crippen LogP contribution in [0.1, 0.15) is 17.5 Å². The predicted molar refractivity (Wildman–Crippen MR) is 156 cm³/mol. The van der Waals surface area contributed by atoms with Crippen LogP contribution in [0.15, 0.2) is 41.3 Å². The largest absolute Gasteiger partial charge is 0.379 e. The van der Waals surface area contributed by atoms with Crippen molar-refractivity contribution < 1.29 is 27.5 Å². The van der Waals surface area contributed by atoms with Crippen molar-refractivity contribution in [3.05, 3.63) is 47.5 Å². The fourth-order valence-electron chi connectivity index (χ4n) is 4.02. The molecule has 12 nitrogen and oxygen atoms in total. The number of morpholine rings is 1. The molecule has 1 aliphatic heterocycles. The van der Waals surface area contributed by atoms with E-state index < -0.39 is 27.7 Å². The third-order valence-electron chi connectivity index (χ3n) is 6.15. The van der Waals surface area contributed by atoms with Gasteiger partial charge in [0.15, 0.2) is 0 Å². The first-order valence-corrected chi connectivity index (χ1v) is 14.3. The Balaban J connectivity index is 0.00000560. The van der Waals surface area contributed by atoms with Crippen LogP contribution in [0.3, 0.4) is 0 Å². The third kappa shape index (κ3) is 8.78. The molecule has 0 atom stereocenters. The summed E-state index contributed by atoms with van der Waals surface area (Å²) < 4.78 is 33.9. The number of sulfonamides is 1. The molecule has 1 aliphatic rings. The van der Waals surface area contributed by atoms with E-state index in [4.69, 9.17) is 22.2 Å². The lowest BCUT2D eigenvalue weighted by Gasteiger charge is -2.26. The molecule has 0 radical (unpaired) electrons. The number of benzene rings is 2. The lowest BCUT2D eigenvalue weighted by Crippen LogP contribution is -2.47. The number of halogens is 2. The number of amides is 3. The van der Waals surface area contributed by atoms with Crippen molar-refractivity contribution in [2.24, 2.45) is 5.84 Å². The molecule has 220 valence electrons. The molecule has 0 saturated carbocycles. The second-order valence-electron chi connectivity index (χ2n) is 8.95. The number of anilines is 3. The summed E-state index contributed by atoms with van der Waals surface area (Å²) in [7, 11) is -4.03. The molecule has 2 aromatic rings. The molecular weight excluding hydrogens is 583 g/mol. The standard InChI is InChI=1S/C25H33ClN6O6S.ClH/c1-17-4-9-21(18(2)23(17)29-22(33)16-26)39(36,37)30-19-5-7-20(8-6-19)32(27)25(35)24(34)28-10-3-11-31-12-14-38-15-13-31;/h4-9,30H,3,10-16,27H2,1-2H3,(H,28,34)(H,29,33);1H. The van der Waals surface area contributed by atoms with Crippen LogP contribution in [0.2, 0.25) is 0 Å². The van der Waals surface area contributed by atoms with Gasteiger partial charge in [-0.05, 0) is 68.3 Å². The molecule has 3 rings (SSSR count). The van der Waals surface area contributed by atoms with E-state index in [0.717, 1.165) is 19.6 Å². The number of hydrazine groups is 1. The number of nitrogens with two attached hydrogens (primary N) is 1. The van der Waals surface area contributed by atoms with Crippen molar-refractivity contribution in [3.8, 4) is 0 Å². The minimum Gasteiger partial charge on any atom is -0.379 e. The van der Waals surface area contributed by atoms with Gasteiger partial charge < -0.3 is 15.4 Å². The van der Waals surface area contributed by atoms with E-state index in [0.29, 0.717) is 48.0 Å². The Hall–Kier alpha value is -2.94. The Kier molecular flexibility index (Phi) is 12.6. The van der Waals surface area contributed by atoms with Crippen molar-refractivity contribution in [1.29, 1.82) is 0 Å². The number of nitrogens with one attached hydrogen (secondary N) is 3. The first-order valence-electron chi connectivity index (χ1n) is 12.3. The van der Waals surface area contributed by atoms with Gasteiger partial charge in [0.1, 0.15) is 5.88 Å². The van der Waals surface area contributed by atoms with E-state index in [-0.39, 0.29) is 34.6 Å². The van der Waals surface area contributed by atoms with Gasteiger partial charge in [0.25, 0.3) is 10.0 Å². The molecule has 0 aliphatic carbocycles. The highest BCUT2D eigenvalue weighted by Gasteiger charge is 2.23. The van der Waals surface area contributed by atoms with Gasteiger partial charge in [-0.15, -0.1) is 24.0 Å². The Morgan fingerprint density at radius 2 is 1.73 bits per heavy atom. The van der Waals surface area contributed by atoms with E-state index in [1.54, 1.807) is 19.9 Å². The maximum absolute atomic E-state index is 13.1. The number of ether oxygens (including phenoxy) is 1. The van der Waals surface area contributed by atoms with Gasteiger partial charge in [-0.25, -0.2) is 19.3 Å². The molecule has 0 spiro atoms. The van der Waals surface area contributed by atoms with E-state index in [1.807, 2.05) is 0 Å². The van der Waals surface area contributed by atoms with Crippen LogP contribution in [0.5, 0.6) is 0 Å². The smallest absolute Gasteiger partial charge is 0.330 e. The van der Waals surface area contributed by atoms with Crippen molar-refractivity contribution in [2.45, 2.75) is 25.2 Å². The van der Waals surface area contributed by atoms with Crippen molar-refractivity contribution in [2.75, 3.05) is 60.3 Å². The van der Waals surface area contributed by atoms with Crippen molar-refractivity contribution >= 4 is 68.8 Å². The number of nitrogens with zero attached hydrogens (tertiary/aromatic N) is 2. The zero-order valence-electron chi connectivity index (χ0n) is 22.2. The van der Waals surface area contributed by atoms with Gasteiger partial charge in [-0.1, -0.05) is 6.07 Å². The molecule has 1 heterocycles. The molecule has 5 N–H and O–H groups in total. The van der Waals surface area contributed by atoms with Crippen LogP contribution in [-0.4, -0.2) is 76.3 Å². The van der Waals surface area contributed by atoms with E-state index in [1.165, 1.54) is 30.3 Å². The van der Waals surface area contributed by atoms with Crippen LogP contribution in [0, 0.1) is 13.8 Å². The number of hydrogen-bond donors (Lipinski definition) is 4. The molecule has 0 bridgehead atoms. The zero-order valence-corrected chi connectivity index (χ0v) is 24.6. The van der Waals surface area contributed by atoms with Gasteiger partial charge >= 0.3 is 11.8 Å². The maximum atomic E-state index is 13.1. The average Bonchev–Trinajstić information content (AvgIpc) is 2.92. The minimum atomic E-state index is -4.03. The minimum absolute atomic E-state index is 0. The molecule has 40 heavy (non-hydrogen) atoms. The maximum Gasteiger partial charge on any atom is 0.330 e. The molecule has 0 unspecified atom stereocenters. The van der Waals surface area contributed by atoms with Crippen LogP contribution in [0.4, 0.5) is 17.1 Å². The molecule has 2 aromatic carbocycles. The highest BCUT2D eigenvalue weighted by molar-refractivity contribution is 7.92. The van der Waals surface area contributed by atoms with Crippen LogP contribution < -0.4 is 26.2 Å². The Labute approximate surface area is 245 Å². The fourth-order valence-corrected chi connectivity index (χ4v) is 5.39. The summed E-state index contributed by atoms with van der Waals surface area (Å²) in [4.78, 5) is 38.7. The Morgan fingerprint density at radius 1 is 1.07 bits per heavy atom. The second-order valence-corrected chi connectivity index (χ2v) is 10.9. The highest BCUT2D eigenvalue weighted by Crippen LogP contribution is 2.29. The second kappa shape index (κ2) is 15.2. The number of rotatable bonds is 10. The topological polar surface area (TPSA) is 163 Å². The highest BCUT2D eigenvalue weighted by atomic mass is 35.5. The molecule has 3 amide bonds. The monoisotopic (exact) mass is 616 g/mol. The predicted octanol–water partition coefficient (Wildman–Crippen LogP) is 1.75. The number of hydrogen-bond acceptors (Lipinski definition) is 8. The lowest BCUT2D eigenvalue weighted by atomic mass is 10.1. The number of aryl methyl sites for hydroxylation is 1. The van der Waals surface area contributed by atoms with Gasteiger partial charge in [-0.3, -0.25) is 24.0 Å². The van der Waals surface area contributed by atoms with Gasteiger partial charge in [0.05, 0.1) is 23.8 Å². The number of alkyl halides is 1. The third-order valence-corrected chi connectivity index (χ3v) is 7.92. The van der Waals surface area contributed by atoms with E-state index >= 15 is 0 Å². The molecule has 1 fully saturated rings. The van der Waals surface area contributed by atoms with Gasteiger partial charge in [0, 0.05) is 31.0 Å². The number of carbonyl (C=O) groups is 3. The zero-order chi connectivity index (χ0) is 28.6. The van der Waals surface area contributed by atoms with Crippen LogP contribution in [0.25, 0.3) is 0 Å². The molecule has 15 heteroatoms. The van der Waals surface area contributed by atoms with Crippen molar-refractivity contribution in [1.82, 2.24) is 10.2 Å². The summed E-state index contributed by atoms with van der Waals surface area (Å²) in [5.41, 5.74) is 1.81. The van der Waals surface area contributed by atoms with Gasteiger partial charge in [-0.2, -0.15) is 0 Å². The first kappa shape index (κ1) is 33.3.